The molecule has 0 aromatic heterocycles. The largest absolute Gasteiger partial charge is 0.390 e. The van der Waals surface area contributed by atoms with E-state index in [2.05, 4.69) is 17.1 Å². The Hall–Kier alpha value is -0.120. The minimum atomic E-state index is -0.219. The molecule has 1 fully saturated rings. The molecule has 1 unspecified atom stereocenters. The fraction of sp³-hybridized carbons (Fsp3) is 1.00. The summed E-state index contributed by atoms with van der Waals surface area (Å²) >= 11 is 0. The normalized spacial score (nSPS) is 19.4. The molecule has 1 aliphatic carbocycles. The molecule has 3 nitrogen and oxygen atoms in total. The fourth-order valence-corrected chi connectivity index (χ4v) is 1.60. The van der Waals surface area contributed by atoms with Crippen molar-refractivity contribution < 1.29 is 5.11 Å². The number of hydrogen-bond acceptors (Lipinski definition) is 3. The van der Waals surface area contributed by atoms with Crippen LogP contribution in [0.25, 0.3) is 0 Å². The molecule has 0 saturated heterocycles. The van der Waals surface area contributed by atoms with Crippen molar-refractivity contribution >= 4 is 0 Å². The third kappa shape index (κ3) is 4.60. The first-order valence-electron chi connectivity index (χ1n) is 5.31. The van der Waals surface area contributed by atoms with Crippen LogP contribution in [0, 0.1) is 5.92 Å². The van der Waals surface area contributed by atoms with E-state index in [9.17, 15) is 5.11 Å². The fourth-order valence-electron chi connectivity index (χ4n) is 1.60. The van der Waals surface area contributed by atoms with Crippen LogP contribution in [-0.2, 0) is 0 Å². The van der Waals surface area contributed by atoms with Crippen LogP contribution < -0.4 is 5.32 Å². The molecule has 1 saturated carbocycles. The zero-order valence-electron chi connectivity index (χ0n) is 8.79. The minimum absolute atomic E-state index is 0.219. The lowest BCUT2D eigenvalue weighted by Gasteiger charge is -2.23. The van der Waals surface area contributed by atoms with Gasteiger partial charge < -0.3 is 15.3 Å². The Morgan fingerprint density at radius 3 is 2.69 bits per heavy atom. The van der Waals surface area contributed by atoms with E-state index in [1.165, 1.54) is 19.4 Å². The average molecular weight is 186 g/mol. The Kier molecular flexibility index (Phi) is 4.70. The van der Waals surface area contributed by atoms with Crippen LogP contribution in [0.2, 0.25) is 0 Å². The maximum absolute atomic E-state index is 9.58. The van der Waals surface area contributed by atoms with Crippen molar-refractivity contribution in [2.24, 2.45) is 5.92 Å². The van der Waals surface area contributed by atoms with Crippen molar-refractivity contribution in [1.29, 1.82) is 0 Å². The summed E-state index contributed by atoms with van der Waals surface area (Å²) in [4.78, 5) is 2.35. The van der Waals surface area contributed by atoms with Gasteiger partial charge in [-0.1, -0.05) is 6.92 Å². The topological polar surface area (TPSA) is 35.5 Å². The monoisotopic (exact) mass is 186 g/mol. The summed E-state index contributed by atoms with van der Waals surface area (Å²) in [5.74, 6) is 0.918. The van der Waals surface area contributed by atoms with E-state index in [0.717, 1.165) is 19.0 Å². The van der Waals surface area contributed by atoms with Gasteiger partial charge in [-0.3, -0.25) is 0 Å². The van der Waals surface area contributed by atoms with Crippen LogP contribution in [-0.4, -0.2) is 49.3 Å². The van der Waals surface area contributed by atoms with Crippen molar-refractivity contribution in [1.82, 2.24) is 10.2 Å². The molecule has 2 N–H and O–H groups in total. The van der Waals surface area contributed by atoms with E-state index < -0.39 is 0 Å². The molecular formula is C10H22N2O. The maximum Gasteiger partial charge on any atom is 0.0791 e. The second-order valence-corrected chi connectivity index (χ2v) is 4.01. The lowest BCUT2D eigenvalue weighted by Crippen LogP contribution is -2.38. The van der Waals surface area contributed by atoms with Gasteiger partial charge in [-0.15, -0.1) is 0 Å². The quantitative estimate of drug-likeness (QED) is 0.600. The van der Waals surface area contributed by atoms with Crippen LogP contribution in [0.4, 0.5) is 0 Å². The third-order valence-electron chi connectivity index (χ3n) is 2.57. The predicted octanol–water partition coefficient (Wildman–Crippen LogP) is 0.299. The van der Waals surface area contributed by atoms with Crippen LogP contribution in [0.5, 0.6) is 0 Å². The molecule has 0 spiro atoms. The number of aliphatic hydroxyl groups is 1. The zero-order valence-corrected chi connectivity index (χ0v) is 8.79. The van der Waals surface area contributed by atoms with Crippen LogP contribution in [0.1, 0.15) is 19.8 Å². The lowest BCUT2D eigenvalue weighted by molar-refractivity contribution is 0.113. The summed E-state index contributed by atoms with van der Waals surface area (Å²) in [6.07, 6.45) is 2.56. The maximum atomic E-state index is 9.58. The van der Waals surface area contributed by atoms with Gasteiger partial charge in [0.25, 0.3) is 0 Å². The molecule has 0 heterocycles. The second kappa shape index (κ2) is 5.58. The van der Waals surface area contributed by atoms with E-state index in [1.807, 2.05) is 7.05 Å². The summed E-state index contributed by atoms with van der Waals surface area (Å²) in [7, 11) is 1.88. The van der Waals surface area contributed by atoms with Gasteiger partial charge in [-0.05, 0) is 32.4 Å². The predicted molar refractivity (Wildman–Crippen MR) is 54.8 cm³/mol. The molecule has 1 atom stereocenters. The number of likely N-dealkylation sites (N-methyl/N-ethyl adjacent to an activating group) is 2. The van der Waals surface area contributed by atoms with Crippen molar-refractivity contribution in [2.45, 2.75) is 25.9 Å². The SMILES string of the molecule is CCN(CC(O)CNC)CC1CC1. The molecule has 0 amide bonds. The van der Waals surface area contributed by atoms with E-state index in [1.54, 1.807) is 0 Å². The first-order chi connectivity index (χ1) is 6.26. The smallest absolute Gasteiger partial charge is 0.0791 e. The second-order valence-electron chi connectivity index (χ2n) is 4.01. The standard InChI is InChI=1S/C10H22N2O/c1-3-12(7-9-4-5-9)8-10(13)6-11-2/h9-11,13H,3-8H2,1-2H3. The number of rotatable bonds is 7. The summed E-state index contributed by atoms with van der Waals surface area (Å²) in [6.45, 7) is 5.90. The molecule has 13 heavy (non-hydrogen) atoms. The highest BCUT2D eigenvalue weighted by atomic mass is 16.3. The van der Waals surface area contributed by atoms with Crippen LogP contribution in [0.3, 0.4) is 0 Å². The van der Waals surface area contributed by atoms with E-state index in [4.69, 9.17) is 0 Å². The highest BCUT2D eigenvalue weighted by Crippen LogP contribution is 2.29. The molecule has 0 radical (unpaired) electrons. The molecule has 0 aliphatic heterocycles. The van der Waals surface area contributed by atoms with Crippen molar-refractivity contribution in [3.8, 4) is 0 Å². The van der Waals surface area contributed by atoms with Crippen molar-refractivity contribution in [2.75, 3.05) is 33.2 Å². The summed E-state index contributed by atoms with van der Waals surface area (Å²) in [5, 5.41) is 12.6. The minimum Gasteiger partial charge on any atom is -0.390 e. The highest BCUT2D eigenvalue weighted by Gasteiger charge is 2.24. The average Bonchev–Trinajstić information content (AvgIpc) is 2.87. The first kappa shape index (κ1) is 11.0. The van der Waals surface area contributed by atoms with Crippen LogP contribution >= 0.6 is 0 Å². The number of aliphatic hydroxyl groups excluding tert-OH is 1. The highest BCUT2D eigenvalue weighted by molar-refractivity contribution is 4.78. The molecule has 0 aromatic carbocycles. The van der Waals surface area contributed by atoms with Crippen LogP contribution in [0.15, 0.2) is 0 Å². The molecule has 0 bridgehead atoms. The Morgan fingerprint density at radius 1 is 1.54 bits per heavy atom. The van der Waals surface area contributed by atoms with E-state index in [0.29, 0.717) is 6.54 Å². The van der Waals surface area contributed by atoms with Gasteiger partial charge in [0.2, 0.25) is 0 Å². The summed E-state index contributed by atoms with van der Waals surface area (Å²) in [6, 6.07) is 0. The summed E-state index contributed by atoms with van der Waals surface area (Å²) < 4.78 is 0. The number of hydrogen-bond donors (Lipinski definition) is 2. The Balaban J connectivity index is 2.13. The summed E-state index contributed by atoms with van der Waals surface area (Å²) in [5.41, 5.74) is 0. The first-order valence-corrected chi connectivity index (χ1v) is 5.31. The van der Waals surface area contributed by atoms with Gasteiger partial charge in [0.15, 0.2) is 0 Å². The van der Waals surface area contributed by atoms with Crippen molar-refractivity contribution in [3.05, 3.63) is 0 Å². The number of nitrogens with zero attached hydrogens (tertiary/aromatic N) is 1. The third-order valence-corrected chi connectivity index (χ3v) is 2.57. The van der Waals surface area contributed by atoms with Gasteiger partial charge >= 0.3 is 0 Å². The zero-order chi connectivity index (χ0) is 9.68. The van der Waals surface area contributed by atoms with Gasteiger partial charge in [0.1, 0.15) is 0 Å². The molecule has 1 rings (SSSR count). The Labute approximate surface area is 81.1 Å². The van der Waals surface area contributed by atoms with Crippen molar-refractivity contribution in [3.63, 3.8) is 0 Å². The van der Waals surface area contributed by atoms with Gasteiger partial charge in [0.05, 0.1) is 6.10 Å². The molecule has 0 aromatic rings. The van der Waals surface area contributed by atoms with Gasteiger partial charge in [-0.2, -0.15) is 0 Å². The lowest BCUT2D eigenvalue weighted by atomic mass is 10.3. The molecule has 1 aliphatic rings. The molecular weight excluding hydrogens is 164 g/mol. The van der Waals surface area contributed by atoms with E-state index in [-0.39, 0.29) is 6.10 Å². The van der Waals surface area contributed by atoms with Gasteiger partial charge in [-0.25, -0.2) is 0 Å². The Bertz CT molecular complexity index is 137. The number of nitrogens with one attached hydrogen (secondary N) is 1. The van der Waals surface area contributed by atoms with Gasteiger partial charge in [0, 0.05) is 19.6 Å². The molecule has 3 heteroatoms. The molecule has 78 valence electrons. The van der Waals surface area contributed by atoms with E-state index >= 15 is 0 Å². The Morgan fingerprint density at radius 2 is 2.23 bits per heavy atom.